The van der Waals surface area contributed by atoms with Crippen molar-refractivity contribution in [3.05, 3.63) is 0 Å². The molecule has 1 saturated carbocycles. The van der Waals surface area contributed by atoms with Crippen molar-refractivity contribution in [1.29, 1.82) is 0 Å². The molecule has 0 aromatic carbocycles. The smallest absolute Gasteiger partial charge is 0.0241 e. The average Bonchev–Trinajstić information content (AvgIpc) is 2.69. The Hall–Kier alpha value is -0.0800. The summed E-state index contributed by atoms with van der Waals surface area (Å²) in [5.41, 5.74) is 2.93. The van der Waals surface area contributed by atoms with E-state index in [1.807, 2.05) is 0 Å². The number of hydrogen-bond donors (Lipinski definition) is 2. The van der Waals surface area contributed by atoms with Gasteiger partial charge < -0.3 is 0 Å². The highest BCUT2D eigenvalue weighted by Gasteiger charge is 2.38. The van der Waals surface area contributed by atoms with Crippen LogP contribution in [-0.4, -0.2) is 6.04 Å². The molecule has 0 saturated heterocycles. The van der Waals surface area contributed by atoms with Gasteiger partial charge in [-0.2, -0.15) is 0 Å². The summed E-state index contributed by atoms with van der Waals surface area (Å²) in [5.74, 6) is 7.24. The Morgan fingerprint density at radius 1 is 1.64 bits per heavy atom. The lowest BCUT2D eigenvalue weighted by atomic mass is 10.1. The van der Waals surface area contributed by atoms with E-state index in [0.717, 1.165) is 11.8 Å². The summed E-state index contributed by atoms with van der Waals surface area (Å²) >= 11 is 0. The SMILES string of the molecule is CCCCC(NN)C1CC1C. The predicted octanol–water partition coefficient (Wildman–Crippen LogP) is 1.66. The minimum atomic E-state index is 0.588. The zero-order valence-corrected chi connectivity index (χ0v) is 7.64. The second-order valence-corrected chi connectivity index (χ2v) is 3.79. The summed E-state index contributed by atoms with van der Waals surface area (Å²) in [6.45, 7) is 4.53. The Bertz CT molecular complexity index is 114. The van der Waals surface area contributed by atoms with Crippen molar-refractivity contribution in [2.45, 2.75) is 45.6 Å². The summed E-state index contributed by atoms with van der Waals surface area (Å²) in [7, 11) is 0. The summed E-state index contributed by atoms with van der Waals surface area (Å²) in [6, 6.07) is 0.588. The first-order valence-electron chi connectivity index (χ1n) is 4.75. The molecule has 3 atom stereocenters. The van der Waals surface area contributed by atoms with Gasteiger partial charge in [0.2, 0.25) is 0 Å². The largest absolute Gasteiger partial charge is 0.271 e. The highest BCUT2D eigenvalue weighted by Crippen LogP contribution is 2.41. The maximum atomic E-state index is 5.47. The van der Waals surface area contributed by atoms with Crippen molar-refractivity contribution in [2.24, 2.45) is 17.7 Å². The molecule has 1 fully saturated rings. The van der Waals surface area contributed by atoms with E-state index in [9.17, 15) is 0 Å². The van der Waals surface area contributed by atoms with E-state index in [4.69, 9.17) is 5.84 Å². The molecule has 0 amide bonds. The van der Waals surface area contributed by atoms with Gasteiger partial charge in [0, 0.05) is 6.04 Å². The van der Waals surface area contributed by atoms with Crippen LogP contribution in [0.5, 0.6) is 0 Å². The average molecular weight is 156 g/mol. The van der Waals surface area contributed by atoms with E-state index >= 15 is 0 Å². The maximum Gasteiger partial charge on any atom is 0.0241 e. The zero-order valence-electron chi connectivity index (χ0n) is 7.64. The second kappa shape index (κ2) is 4.07. The Morgan fingerprint density at radius 3 is 2.64 bits per heavy atom. The number of hydrogen-bond acceptors (Lipinski definition) is 2. The van der Waals surface area contributed by atoms with Crippen LogP contribution >= 0.6 is 0 Å². The van der Waals surface area contributed by atoms with Crippen molar-refractivity contribution in [3.8, 4) is 0 Å². The van der Waals surface area contributed by atoms with E-state index in [0.29, 0.717) is 6.04 Å². The minimum Gasteiger partial charge on any atom is -0.271 e. The van der Waals surface area contributed by atoms with Gasteiger partial charge in [0.1, 0.15) is 0 Å². The molecule has 2 heteroatoms. The van der Waals surface area contributed by atoms with Gasteiger partial charge >= 0.3 is 0 Å². The van der Waals surface area contributed by atoms with Crippen LogP contribution in [0.1, 0.15) is 39.5 Å². The van der Waals surface area contributed by atoms with Crippen LogP contribution in [0, 0.1) is 11.8 Å². The first-order valence-corrected chi connectivity index (χ1v) is 4.75. The summed E-state index contributed by atoms with van der Waals surface area (Å²) in [6.07, 6.45) is 5.21. The number of nitrogens with two attached hydrogens (primary N) is 1. The van der Waals surface area contributed by atoms with Gasteiger partial charge in [-0.1, -0.05) is 26.7 Å². The van der Waals surface area contributed by atoms with Crippen molar-refractivity contribution >= 4 is 0 Å². The molecule has 0 heterocycles. The Labute approximate surface area is 69.5 Å². The third-order valence-corrected chi connectivity index (χ3v) is 2.77. The lowest BCUT2D eigenvalue weighted by Gasteiger charge is -2.14. The van der Waals surface area contributed by atoms with Gasteiger partial charge in [-0.25, -0.2) is 0 Å². The predicted molar refractivity (Wildman–Crippen MR) is 47.9 cm³/mol. The highest BCUT2D eigenvalue weighted by molar-refractivity contribution is 4.91. The Balaban J connectivity index is 2.15. The molecule has 0 aromatic heterocycles. The van der Waals surface area contributed by atoms with Crippen LogP contribution in [0.3, 0.4) is 0 Å². The fourth-order valence-corrected chi connectivity index (χ4v) is 1.76. The first-order chi connectivity index (χ1) is 5.29. The lowest BCUT2D eigenvalue weighted by Crippen LogP contribution is -2.37. The van der Waals surface area contributed by atoms with E-state index in [-0.39, 0.29) is 0 Å². The van der Waals surface area contributed by atoms with Crippen LogP contribution in [0.2, 0.25) is 0 Å². The lowest BCUT2D eigenvalue weighted by molar-refractivity contribution is 0.417. The molecular formula is C9H20N2. The van der Waals surface area contributed by atoms with Gasteiger partial charge in [0.25, 0.3) is 0 Å². The van der Waals surface area contributed by atoms with Crippen LogP contribution in [0.4, 0.5) is 0 Å². The first kappa shape index (κ1) is 9.01. The zero-order chi connectivity index (χ0) is 8.27. The molecule has 11 heavy (non-hydrogen) atoms. The van der Waals surface area contributed by atoms with Crippen LogP contribution in [0.25, 0.3) is 0 Å². The molecule has 1 aliphatic rings. The highest BCUT2D eigenvalue weighted by atomic mass is 15.2. The molecule has 0 aliphatic heterocycles. The van der Waals surface area contributed by atoms with E-state index < -0.39 is 0 Å². The number of rotatable bonds is 5. The number of hydrazine groups is 1. The summed E-state index contributed by atoms with van der Waals surface area (Å²) in [4.78, 5) is 0. The van der Waals surface area contributed by atoms with Gasteiger partial charge in [-0.15, -0.1) is 0 Å². The van der Waals surface area contributed by atoms with Crippen LogP contribution in [-0.2, 0) is 0 Å². The summed E-state index contributed by atoms with van der Waals surface area (Å²) in [5, 5.41) is 0. The molecule has 2 nitrogen and oxygen atoms in total. The van der Waals surface area contributed by atoms with Gasteiger partial charge in [0.05, 0.1) is 0 Å². The van der Waals surface area contributed by atoms with Crippen LogP contribution in [0.15, 0.2) is 0 Å². The Morgan fingerprint density at radius 2 is 2.27 bits per heavy atom. The molecule has 3 unspecified atom stereocenters. The third-order valence-electron chi connectivity index (χ3n) is 2.77. The molecule has 0 spiro atoms. The standard InChI is InChI=1S/C9H20N2/c1-3-4-5-9(11-10)8-6-7(8)2/h7-9,11H,3-6,10H2,1-2H3. The van der Waals surface area contributed by atoms with Crippen molar-refractivity contribution in [1.82, 2.24) is 5.43 Å². The van der Waals surface area contributed by atoms with Crippen LogP contribution < -0.4 is 11.3 Å². The molecule has 0 bridgehead atoms. The number of nitrogens with one attached hydrogen (secondary N) is 1. The monoisotopic (exact) mass is 156 g/mol. The maximum absolute atomic E-state index is 5.47. The third kappa shape index (κ3) is 2.46. The van der Waals surface area contributed by atoms with E-state index in [1.54, 1.807) is 0 Å². The minimum absolute atomic E-state index is 0.588. The van der Waals surface area contributed by atoms with E-state index in [2.05, 4.69) is 19.3 Å². The normalized spacial score (nSPS) is 31.9. The van der Waals surface area contributed by atoms with Gasteiger partial charge in [-0.05, 0) is 24.7 Å². The molecule has 66 valence electrons. The topological polar surface area (TPSA) is 38.0 Å². The number of unbranched alkanes of at least 4 members (excludes halogenated alkanes) is 1. The molecule has 1 aliphatic carbocycles. The summed E-state index contributed by atoms with van der Waals surface area (Å²) < 4.78 is 0. The van der Waals surface area contributed by atoms with Crippen molar-refractivity contribution < 1.29 is 0 Å². The molecule has 1 rings (SSSR count). The fourth-order valence-electron chi connectivity index (χ4n) is 1.76. The second-order valence-electron chi connectivity index (χ2n) is 3.79. The molecule has 3 N–H and O–H groups in total. The Kier molecular flexibility index (Phi) is 3.34. The van der Waals surface area contributed by atoms with Crippen molar-refractivity contribution in [3.63, 3.8) is 0 Å². The van der Waals surface area contributed by atoms with Gasteiger partial charge in [0.15, 0.2) is 0 Å². The molecule has 0 aromatic rings. The van der Waals surface area contributed by atoms with Gasteiger partial charge in [-0.3, -0.25) is 11.3 Å². The fraction of sp³-hybridized carbons (Fsp3) is 1.00. The molecule has 0 radical (unpaired) electrons. The molecular weight excluding hydrogens is 136 g/mol. The quantitative estimate of drug-likeness (QED) is 0.469. The van der Waals surface area contributed by atoms with Crippen molar-refractivity contribution in [2.75, 3.05) is 0 Å². The van der Waals surface area contributed by atoms with E-state index in [1.165, 1.54) is 25.7 Å².